The van der Waals surface area contributed by atoms with E-state index in [1.54, 1.807) is 0 Å². The van der Waals surface area contributed by atoms with Crippen LogP contribution in [0, 0.1) is 10.1 Å². The summed E-state index contributed by atoms with van der Waals surface area (Å²) in [6.45, 7) is 3.96. The lowest BCUT2D eigenvalue weighted by Crippen LogP contribution is -2.32. The van der Waals surface area contributed by atoms with Gasteiger partial charge in [0.05, 0.1) is 17.4 Å². The predicted molar refractivity (Wildman–Crippen MR) is 81.4 cm³/mol. The van der Waals surface area contributed by atoms with Crippen LogP contribution in [0.2, 0.25) is 0 Å². The Hall–Kier alpha value is -1.96. The maximum absolute atomic E-state index is 11.7. The Bertz CT molecular complexity index is 494. The predicted octanol–water partition coefficient (Wildman–Crippen LogP) is 1.17. The number of carbonyl (C=O) groups excluding carboxylic acids is 1. The van der Waals surface area contributed by atoms with Crippen LogP contribution >= 0.6 is 0 Å². The molecule has 1 N–H and O–H groups in total. The Morgan fingerprint density at radius 3 is 2.68 bits per heavy atom. The zero-order chi connectivity index (χ0) is 15.8. The van der Waals surface area contributed by atoms with E-state index in [0.29, 0.717) is 6.54 Å². The third-order valence-electron chi connectivity index (χ3n) is 3.79. The number of nitrogens with zero attached hydrogens (tertiary/aromatic N) is 4. The smallest absolute Gasteiger partial charge is 0.358 e. The number of likely N-dealkylation sites (tertiary alicyclic amines) is 1. The molecule has 0 bridgehead atoms. The van der Waals surface area contributed by atoms with E-state index in [0.717, 1.165) is 26.1 Å². The Labute approximate surface area is 129 Å². The Kier molecular flexibility index (Phi) is 6.32. The Balaban J connectivity index is 1.61. The maximum Gasteiger partial charge on any atom is 0.389 e. The summed E-state index contributed by atoms with van der Waals surface area (Å²) in [5, 5.41) is 17.0. The second-order valence-electron chi connectivity index (χ2n) is 5.59. The molecule has 2 rings (SSSR count). The molecule has 0 radical (unpaired) electrons. The number of nitro groups is 1. The average Bonchev–Trinajstić information content (AvgIpc) is 2.79. The molecule has 1 aliphatic rings. The molecule has 1 fully saturated rings. The van der Waals surface area contributed by atoms with Crippen LogP contribution in [0.15, 0.2) is 12.3 Å². The highest BCUT2D eigenvalue weighted by atomic mass is 16.6. The first-order valence-electron chi connectivity index (χ1n) is 7.82. The van der Waals surface area contributed by atoms with Crippen molar-refractivity contribution in [1.29, 1.82) is 0 Å². The van der Waals surface area contributed by atoms with Gasteiger partial charge in [-0.1, -0.05) is 12.8 Å². The van der Waals surface area contributed by atoms with Crippen molar-refractivity contribution in [3.05, 3.63) is 22.4 Å². The van der Waals surface area contributed by atoms with Crippen molar-refractivity contribution in [1.82, 2.24) is 20.0 Å². The van der Waals surface area contributed by atoms with Crippen LogP contribution in [0.4, 0.5) is 5.82 Å². The normalized spacial score (nSPS) is 16.2. The first-order chi connectivity index (χ1) is 10.6. The maximum atomic E-state index is 11.7. The summed E-state index contributed by atoms with van der Waals surface area (Å²) in [7, 11) is 0. The fraction of sp³-hybridized carbons (Fsp3) is 0.714. The van der Waals surface area contributed by atoms with Crippen LogP contribution in [0.1, 0.15) is 32.1 Å². The van der Waals surface area contributed by atoms with Crippen LogP contribution in [0.5, 0.6) is 0 Å². The van der Waals surface area contributed by atoms with Gasteiger partial charge in [-0.05, 0) is 43.8 Å². The summed E-state index contributed by atoms with van der Waals surface area (Å²) in [6.07, 6.45) is 7.54. The highest BCUT2D eigenvalue weighted by Gasteiger charge is 2.13. The van der Waals surface area contributed by atoms with Crippen molar-refractivity contribution in [2.45, 2.75) is 38.6 Å². The van der Waals surface area contributed by atoms with Gasteiger partial charge in [0.15, 0.2) is 0 Å². The lowest BCUT2D eigenvalue weighted by atomic mass is 10.2. The molecule has 0 aliphatic carbocycles. The van der Waals surface area contributed by atoms with Gasteiger partial charge in [0, 0.05) is 6.54 Å². The molecule has 0 spiro atoms. The van der Waals surface area contributed by atoms with Crippen LogP contribution in [-0.4, -0.2) is 51.7 Å². The fourth-order valence-electron chi connectivity index (χ4n) is 2.63. The van der Waals surface area contributed by atoms with Gasteiger partial charge in [0.25, 0.3) is 0 Å². The van der Waals surface area contributed by atoms with Gasteiger partial charge in [0.2, 0.25) is 5.91 Å². The van der Waals surface area contributed by atoms with E-state index in [2.05, 4.69) is 15.3 Å². The number of hydrogen-bond acceptors (Lipinski definition) is 5. The molecule has 0 unspecified atom stereocenters. The van der Waals surface area contributed by atoms with E-state index in [1.807, 2.05) is 0 Å². The minimum absolute atomic E-state index is 0.0115. The van der Waals surface area contributed by atoms with E-state index < -0.39 is 4.92 Å². The lowest BCUT2D eigenvalue weighted by molar-refractivity contribution is -0.389. The van der Waals surface area contributed by atoms with Gasteiger partial charge in [-0.3, -0.25) is 4.79 Å². The summed E-state index contributed by atoms with van der Waals surface area (Å²) in [5.74, 6) is -0.414. The molecule has 0 atom stereocenters. The minimum atomic E-state index is -0.574. The van der Waals surface area contributed by atoms with Crippen LogP contribution in [-0.2, 0) is 11.3 Å². The summed E-state index contributed by atoms with van der Waals surface area (Å²) in [6, 6.07) is 1.28. The second kappa shape index (κ2) is 8.47. The third-order valence-corrected chi connectivity index (χ3v) is 3.79. The summed E-state index contributed by atoms with van der Waals surface area (Å²) >= 11 is 0. The number of rotatable bonds is 7. The monoisotopic (exact) mass is 309 g/mol. The molecule has 1 aromatic heterocycles. The molecule has 22 heavy (non-hydrogen) atoms. The minimum Gasteiger partial charge on any atom is -0.358 e. The van der Waals surface area contributed by atoms with Crippen molar-refractivity contribution in [2.75, 3.05) is 26.2 Å². The Morgan fingerprint density at radius 2 is 2.05 bits per heavy atom. The van der Waals surface area contributed by atoms with Gasteiger partial charge in [-0.15, -0.1) is 0 Å². The lowest BCUT2D eigenvalue weighted by Gasteiger charge is -2.19. The van der Waals surface area contributed by atoms with E-state index in [-0.39, 0.29) is 18.3 Å². The average molecular weight is 309 g/mol. The van der Waals surface area contributed by atoms with Crippen LogP contribution < -0.4 is 5.32 Å². The van der Waals surface area contributed by atoms with Crippen molar-refractivity contribution < 1.29 is 9.72 Å². The molecule has 0 saturated carbocycles. The number of aromatic nitrogens is 2. The first kappa shape index (κ1) is 16.4. The molecular weight excluding hydrogens is 286 g/mol. The zero-order valence-electron chi connectivity index (χ0n) is 12.7. The van der Waals surface area contributed by atoms with Crippen molar-refractivity contribution in [2.24, 2.45) is 0 Å². The largest absolute Gasteiger partial charge is 0.389 e. The van der Waals surface area contributed by atoms with E-state index in [1.165, 1.54) is 42.6 Å². The SMILES string of the molecule is O=C(Cn1ccc([N+](=O)[O-])n1)NCCCN1CCCCCC1. The van der Waals surface area contributed by atoms with E-state index in [9.17, 15) is 14.9 Å². The van der Waals surface area contributed by atoms with Crippen LogP contribution in [0.25, 0.3) is 0 Å². The number of carbonyl (C=O) groups is 1. The summed E-state index contributed by atoms with van der Waals surface area (Å²) in [4.78, 5) is 24.1. The third kappa shape index (κ3) is 5.44. The van der Waals surface area contributed by atoms with Crippen molar-refractivity contribution >= 4 is 11.7 Å². The molecule has 1 aromatic rings. The number of hydrogen-bond donors (Lipinski definition) is 1. The highest BCUT2D eigenvalue weighted by molar-refractivity contribution is 5.75. The molecular formula is C14H23N5O3. The number of nitrogens with one attached hydrogen (secondary N) is 1. The highest BCUT2D eigenvalue weighted by Crippen LogP contribution is 2.09. The molecule has 122 valence electrons. The molecule has 2 heterocycles. The molecule has 1 aliphatic heterocycles. The van der Waals surface area contributed by atoms with Gasteiger partial charge < -0.3 is 20.3 Å². The molecule has 0 aromatic carbocycles. The van der Waals surface area contributed by atoms with Crippen LogP contribution in [0.3, 0.4) is 0 Å². The van der Waals surface area contributed by atoms with Gasteiger partial charge in [-0.2, -0.15) is 4.68 Å². The molecule has 8 heteroatoms. The summed E-state index contributed by atoms with van der Waals surface area (Å²) in [5.41, 5.74) is 0. The molecule has 8 nitrogen and oxygen atoms in total. The summed E-state index contributed by atoms with van der Waals surface area (Å²) < 4.78 is 1.28. The van der Waals surface area contributed by atoms with Crippen molar-refractivity contribution in [3.63, 3.8) is 0 Å². The van der Waals surface area contributed by atoms with E-state index in [4.69, 9.17) is 0 Å². The topological polar surface area (TPSA) is 93.3 Å². The number of amides is 1. The first-order valence-corrected chi connectivity index (χ1v) is 7.82. The standard InChI is InChI=1S/C14H23N5O3/c20-14(12-18-11-6-13(16-18)19(21)22)15-7-5-10-17-8-3-1-2-4-9-17/h6,11H,1-5,7-10,12H2,(H,15,20). The quantitative estimate of drug-likeness (QED) is 0.463. The van der Waals surface area contributed by atoms with Gasteiger partial charge in [0.1, 0.15) is 6.54 Å². The fourth-order valence-corrected chi connectivity index (χ4v) is 2.63. The molecule has 1 amide bonds. The van der Waals surface area contributed by atoms with Crippen molar-refractivity contribution in [3.8, 4) is 0 Å². The Morgan fingerprint density at radius 1 is 1.32 bits per heavy atom. The van der Waals surface area contributed by atoms with E-state index >= 15 is 0 Å². The zero-order valence-corrected chi connectivity index (χ0v) is 12.7. The second-order valence-corrected chi connectivity index (χ2v) is 5.59. The van der Waals surface area contributed by atoms with Gasteiger partial charge in [-0.25, -0.2) is 0 Å². The molecule has 1 saturated heterocycles. The van der Waals surface area contributed by atoms with Gasteiger partial charge >= 0.3 is 5.82 Å².